The number of rotatable bonds is 4. The van der Waals surface area contributed by atoms with Gasteiger partial charge in [0.15, 0.2) is 0 Å². The Kier molecular flexibility index (Phi) is 4.95. The van der Waals surface area contributed by atoms with Crippen molar-refractivity contribution in [3.8, 4) is 11.1 Å². The van der Waals surface area contributed by atoms with Gasteiger partial charge in [-0.15, -0.1) is 0 Å². The molecule has 1 fully saturated rings. The second-order valence-electron chi connectivity index (χ2n) is 6.79. The average Bonchev–Trinajstić information content (AvgIpc) is 2.62. The second-order valence-corrected chi connectivity index (χ2v) is 6.79. The first kappa shape index (κ1) is 16.7. The molecule has 1 aliphatic rings. The van der Waals surface area contributed by atoms with Crippen LogP contribution in [0.3, 0.4) is 0 Å². The Morgan fingerprint density at radius 1 is 1.25 bits per heavy atom. The van der Waals surface area contributed by atoms with Crippen molar-refractivity contribution in [1.82, 2.24) is 9.88 Å². The lowest BCUT2D eigenvalue weighted by molar-refractivity contribution is 0.0697. The molecule has 1 saturated heterocycles. The van der Waals surface area contributed by atoms with E-state index in [0.29, 0.717) is 17.5 Å². The van der Waals surface area contributed by atoms with Gasteiger partial charge in [0.25, 0.3) is 0 Å². The number of carbonyl (C=O) groups is 1. The molecule has 4 nitrogen and oxygen atoms in total. The first-order chi connectivity index (χ1) is 11.5. The van der Waals surface area contributed by atoms with E-state index >= 15 is 0 Å². The molecule has 1 aromatic heterocycles. The molecule has 4 heteroatoms. The largest absolute Gasteiger partial charge is 0.478 e. The number of carboxylic acid groups (broad SMARTS) is 1. The van der Waals surface area contributed by atoms with Gasteiger partial charge in [-0.3, -0.25) is 4.98 Å². The molecule has 0 spiro atoms. The van der Waals surface area contributed by atoms with Crippen LogP contribution in [0.1, 0.15) is 48.7 Å². The van der Waals surface area contributed by atoms with E-state index in [4.69, 9.17) is 5.11 Å². The van der Waals surface area contributed by atoms with Gasteiger partial charge in [0, 0.05) is 36.0 Å². The molecular formula is C20H24N2O2. The molecule has 24 heavy (non-hydrogen) atoms. The topological polar surface area (TPSA) is 53.4 Å². The summed E-state index contributed by atoms with van der Waals surface area (Å²) in [6, 6.07) is 11.7. The molecule has 3 rings (SSSR count). The molecule has 1 aliphatic heterocycles. The minimum absolute atomic E-state index is 0.302. The highest BCUT2D eigenvalue weighted by molar-refractivity contribution is 5.89. The second kappa shape index (κ2) is 7.14. The van der Waals surface area contributed by atoms with Gasteiger partial charge >= 0.3 is 5.97 Å². The Labute approximate surface area is 143 Å². The number of hydrogen-bond donors (Lipinski definition) is 1. The van der Waals surface area contributed by atoms with E-state index in [1.807, 2.05) is 12.3 Å². The van der Waals surface area contributed by atoms with Crippen LogP contribution < -0.4 is 0 Å². The quantitative estimate of drug-likeness (QED) is 0.922. The minimum Gasteiger partial charge on any atom is -0.478 e. The van der Waals surface area contributed by atoms with Crippen molar-refractivity contribution in [2.24, 2.45) is 0 Å². The summed E-state index contributed by atoms with van der Waals surface area (Å²) in [6.07, 6.45) is 4.27. The SMILES string of the molecule is CC(C)N1CCCC(c2ccc(-c3cccc(C(=O)O)c3)cn2)C1. The Morgan fingerprint density at radius 2 is 2.08 bits per heavy atom. The highest BCUT2D eigenvalue weighted by atomic mass is 16.4. The number of aromatic carboxylic acids is 1. The molecule has 0 saturated carbocycles. The lowest BCUT2D eigenvalue weighted by Crippen LogP contribution is -2.39. The van der Waals surface area contributed by atoms with Crippen LogP contribution in [-0.2, 0) is 0 Å². The fourth-order valence-electron chi connectivity index (χ4n) is 3.37. The maximum Gasteiger partial charge on any atom is 0.335 e. The summed E-state index contributed by atoms with van der Waals surface area (Å²) >= 11 is 0. The lowest BCUT2D eigenvalue weighted by atomic mass is 9.93. The van der Waals surface area contributed by atoms with E-state index in [-0.39, 0.29) is 0 Å². The molecule has 1 unspecified atom stereocenters. The highest BCUT2D eigenvalue weighted by Gasteiger charge is 2.23. The van der Waals surface area contributed by atoms with Gasteiger partial charge in [0.05, 0.1) is 5.56 Å². The summed E-state index contributed by atoms with van der Waals surface area (Å²) in [5, 5.41) is 9.12. The van der Waals surface area contributed by atoms with Crippen LogP contribution in [0.15, 0.2) is 42.6 Å². The monoisotopic (exact) mass is 324 g/mol. The number of carboxylic acids is 1. The number of aromatic nitrogens is 1. The molecule has 1 atom stereocenters. The predicted molar refractivity (Wildman–Crippen MR) is 95.3 cm³/mol. The fourth-order valence-corrected chi connectivity index (χ4v) is 3.37. The van der Waals surface area contributed by atoms with E-state index in [1.54, 1.807) is 18.2 Å². The van der Waals surface area contributed by atoms with E-state index in [1.165, 1.54) is 19.4 Å². The maximum absolute atomic E-state index is 11.1. The Hall–Kier alpha value is -2.20. The van der Waals surface area contributed by atoms with Crippen molar-refractivity contribution >= 4 is 5.97 Å². The molecule has 0 aliphatic carbocycles. The zero-order chi connectivity index (χ0) is 17.1. The van der Waals surface area contributed by atoms with E-state index in [0.717, 1.165) is 23.4 Å². The third-order valence-corrected chi connectivity index (χ3v) is 4.83. The van der Waals surface area contributed by atoms with E-state index in [2.05, 4.69) is 35.9 Å². The summed E-state index contributed by atoms with van der Waals surface area (Å²) < 4.78 is 0. The fraction of sp³-hybridized carbons (Fsp3) is 0.400. The average molecular weight is 324 g/mol. The molecule has 0 amide bonds. The molecule has 0 bridgehead atoms. The van der Waals surface area contributed by atoms with Gasteiger partial charge in [-0.2, -0.15) is 0 Å². The summed E-state index contributed by atoms with van der Waals surface area (Å²) in [7, 11) is 0. The first-order valence-electron chi connectivity index (χ1n) is 8.58. The number of pyridine rings is 1. The molecule has 126 valence electrons. The zero-order valence-electron chi connectivity index (χ0n) is 14.3. The van der Waals surface area contributed by atoms with Gasteiger partial charge in [0.2, 0.25) is 0 Å². The summed E-state index contributed by atoms with van der Waals surface area (Å²) in [5.74, 6) is -0.419. The maximum atomic E-state index is 11.1. The van der Waals surface area contributed by atoms with E-state index in [9.17, 15) is 4.79 Å². The first-order valence-corrected chi connectivity index (χ1v) is 8.58. The Bertz CT molecular complexity index is 710. The van der Waals surface area contributed by atoms with Crippen LogP contribution in [0.5, 0.6) is 0 Å². The summed E-state index contributed by atoms with van der Waals surface area (Å²) in [4.78, 5) is 18.3. The third-order valence-electron chi connectivity index (χ3n) is 4.83. The van der Waals surface area contributed by atoms with Gasteiger partial charge in [-0.05, 0) is 57.0 Å². The summed E-state index contributed by atoms with van der Waals surface area (Å²) in [5.41, 5.74) is 3.29. The van der Waals surface area contributed by atoms with Crippen molar-refractivity contribution in [3.05, 3.63) is 53.9 Å². The van der Waals surface area contributed by atoms with Crippen molar-refractivity contribution < 1.29 is 9.90 Å². The van der Waals surface area contributed by atoms with Gasteiger partial charge in [-0.1, -0.05) is 18.2 Å². The van der Waals surface area contributed by atoms with Crippen LogP contribution in [-0.4, -0.2) is 40.1 Å². The summed E-state index contributed by atoms with van der Waals surface area (Å²) in [6.45, 7) is 6.73. The molecular weight excluding hydrogens is 300 g/mol. The Morgan fingerprint density at radius 3 is 2.75 bits per heavy atom. The number of benzene rings is 1. The molecule has 2 aromatic rings. The normalized spacial score (nSPS) is 18.7. The Balaban J connectivity index is 1.78. The number of likely N-dealkylation sites (tertiary alicyclic amines) is 1. The molecule has 0 radical (unpaired) electrons. The number of hydrogen-bond acceptors (Lipinski definition) is 3. The van der Waals surface area contributed by atoms with Gasteiger partial charge < -0.3 is 10.0 Å². The van der Waals surface area contributed by atoms with Crippen LogP contribution in [0.25, 0.3) is 11.1 Å². The van der Waals surface area contributed by atoms with E-state index < -0.39 is 5.97 Å². The van der Waals surface area contributed by atoms with Crippen LogP contribution in [0.2, 0.25) is 0 Å². The molecule has 1 N–H and O–H groups in total. The number of nitrogens with zero attached hydrogens (tertiary/aromatic N) is 2. The van der Waals surface area contributed by atoms with Crippen LogP contribution >= 0.6 is 0 Å². The van der Waals surface area contributed by atoms with Gasteiger partial charge in [0.1, 0.15) is 0 Å². The van der Waals surface area contributed by atoms with Crippen LogP contribution in [0, 0.1) is 0 Å². The van der Waals surface area contributed by atoms with Crippen LogP contribution in [0.4, 0.5) is 0 Å². The van der Waals surface area contributed by atoms with Gasteiger partial charge in [-0.25, -0.2) is 4.79 Å². The highest BCUT2D eigenvalue weighted by Crippen LogP contribution is 2.28. The lowest BCUT2D eigenvalue weighted by Gasteiger charge is -2.35. The van der Waals surface area contributed by atoms with Crippen molar-refractivity contribution in [2.75, 3.05) is 13.1 Å². The van der Waals surface area contributed by atoms with Crippen molar-refractivity contribution in [3.63, 3.8) is 0 Å². The minimum atomic E-state index is -0.905. The molecule has 2 heterocycles. The third kappa shape index (κ3) is 3.65. The predicted octanol–water partition coefficient (Wildman–Crippen LogP) is 4.03. The molecule has 1 aromatic carbocycles. The standard InChI is InChI=1S/C20H24N2O2/c1-14(2)22-10-4-7-18(13-22)19-9-8-17(12-21-19)15-5-3-6-16(11-15)20(23)24/h3,5-6,8-9,11-12,14,18H,4,7,10,13H2,1-2H3,(H,23,24). The zero-order valence-corrected chi connectivity index (χ0v) is 14.3. The smallest absolute Gasteiger partial charge is 0.335 e. The number of piperidine rings is 1. The van der Waals surface area contributed by atoms with Crippen molar-refractivity contribution in [2.45, 2.75) is 38.6 Å². The van der Waals surface area contributed by atoms with Crippen molar-refractivity contribution in [1.29, 1.82) is 0 Å².